The molecule has 0 spiro atoms. The van der Waals surface area contributed by atoms with Gasteiger partial charge in [-0.3, -0.25) is 14.9 Å². The highest BCUT2D eigenvalue weighted by molar-refractivity contribution is 7.90. The van der Waals surface area contributed by atoms with Crippen molar-refractivity contribution in [3.8, 4) is 0 Å². The number of nitrogens with zero attached hydrogens (tertiary/aromatic N) is 1. The molecule has 0 amide bonds. The number of Topliss-reactive ketones (excluding diaryl/α,β-unsaturated/α-hetero) is 1. The van der Waals surface area contributed by atoms with Crippen LogP contribution in [0.5, 0.6) is 0 Å². The van der Waals surface area contributed by atoms with E-state index in [0.29, 0.717) is 6.42 Å². The number of ketones is 1. The molecule has 7 heteroatoms. The number of nitro benzene ring substituents is 1. The molecular formula is C13H17NO5S. The zero-order valence-corrected chi connectivity index (χ0v) is 12.4. The molecule has 20 heavy (non-hydrogen) atoms. The topological polar surface area (TPSA) is 94.3 Å². The van der Waals surface area contributed by atoms with Crippen LogP contribution in [0.3, 0.4) is 0 Å². The van der Waals surface area contributed by atoms with Crippen molar-refractivity contribution in [1.29, 1.82) is 0 Å². The molecule has 0 bridgehead atoms. The molecule has 110 valence electrons. The Hall–Kier alpha value is -1.76. The van der Waals surface area contributed by atoms with Crippen molar-refractivity contribution in [3.05, 3.63) is 33.9 Å². The molecule has 0 N–H and O–H groups in total. The summed E-state index contributed by atoms with van der Waals surface area (Å²) in [5.74, 6) is 0.00778. The van der Waals surface area contributed by atoms with Crippen molar-refractivity contribution >= 4 is 21.3 Å². The SMILES string of the molecule is CC(C)CC(=O)Cc1cccc(S(C)(=O)=O)c1[N+](=O)[O-]. The molecule has 0 saturated heterocycles. The van der Waals surface area contributed by atoms with E-state index in [1.165, 1.54) is 18.2 Å². The van der Waals surface area contributed by atoms with Gasteiger partial charge in [-0.1, -0.05) is 26.0 Å². The first-order chi connectivity index (χ1) is 9.12. The lowest BCUT2D eigenvalue weighted by Crippen LogP contribution is -2.10. The zero-order chi connectivity index (χ0) is 15.5. The number of hydrogen-bond donors (Lipinski definition) is 0. The fraction of sp³-hybridized carbons (Fsp3) is 0.462. The molecule has 6 nitrogen and oxygen atoms in total. The molecule has 0 aliphatic carbocycles. The quantitative estimate of drug-likeness (QED) is 0.592. The van der Waals surface area contributed by atoms with E-state index in [9.17, 15) is 23.3 Å². The highest BCUT2D eigenvalue weighted by Gasteiger charge is 2.26. The molecule has 0 unspecified atom stereocenters. The molecule has 1 aromatic carbocycles. The predicted molar refractivity (Wildman–Crippen MR) is 74.4 cm³/mol. The first-order valence-electron chi connectivity index (χ1n) is 6.11. The maximum absolute atomic E-state index is 11.8. The van der Waals surface area contributed by atoms with Crippen molar-refractivity contribution in [2.75, 3.05) is 6.26 Å². The van der Waals surface area contributed by atoms with Crippen LogP contribution in [-0.4, -0.2) is 25.4 Å². The minimum atomic E-state index is -3.71. The lowest BCUT2D eigenvalue weighted by molar-refractivity contribution is -0.388. The van der Waals surface area contributed by atoms with Crippen molar-refractivity contribution < 1.29 is 18.1 Å². The summed E-state index contributed by atoms with van der Waals surface area (Å²) in [5, 5.41) is 11.1. The molecule has 0 saturated carbocycles. The van der Waals surface area contributed by atoms with Crippen molar-refractivity contribution in [2.45, 2.75) is 31.6 Å². The third-order valence-corrected chi connectivity index (χ3v) is 3.82. The van der Waals surface area contributed by atoms with Gasteiger partial charge in [-0.25, -0.2) is 8.42 Å². The maximum Gasteiger partial charge on any atom is 0.291 e. The van der Waals surface area contributed by atoms with Gasteiger partial charge in [0.15, 0.2) is 9.84 Å². The van der Waals surface area contributed by atoms with Gasteiger partial charge in [0.2, 0.25) is 0 Å². The van der Waals surface area contributed by atoms with Gasteiger partial charge in [0.25, 0.3) is 5.69 Å². The summed E-state index contributed by atoms with van der Waals surface area (Å²) in [6.45, 7) is 3.75. The first kappa shape index (κ1) is 16.3. The molecule has 0 aliphatic heterocycles. The minimum absolute atomic E-state index is 0.127. The molecule has 1 rings (SSSR count). The van der Waals surface area contributed by atoms with Gasteiger partial charge < -0.3 is 0 Å². The fourth-order valence-electron chi connectivity index (χ4n) is 1.96. The van der Waals surface area contributed by atoms with E-state index >= 15 is 0 Å². The van der Waals surface area contributed by atoms with Crippen molar-refractivity contribution in [3.63, 3.8) is 0 Å². The Balaban J connectivity index is 3.28. The third-order valence-electron chi connectivity index (χ3n) is 2.69. The number of carbonyl (C=O) groups excluding carboxylic acids is 1. The van der Waals surface area contributed by atoms with E-state index < -0.39 is 20.4 Å². The number of hydrogen-bond acceptors (Lipinski definition) is 5. The number of carbonyl (C=O) groups is 1. The summed E-state index contributed by atoms with van der Waals surface area (Å²) in [7, 11) is -3.71. The highest BCUT2D eigenvalue weighted by atomic mass is 32.2. The Morgan fingerprint density at radius 3 is 2.40 bits per heavy atom. The van der Waals surface area contributed by atoms with Gasteiger partial charge in [0.05, 0.1) is 4.92 Å². The van der Waals surface area contributed by atoms with Crippen molar-refractivity contribution in [2.24, 2.45) is 5.92 Å². The summed E-state index contributed by atoms with van der Waals surface area (Å²) >= 11 is 0. The summed E-state index contributed by atoms with van der Waals surface area (Å²) in [6, 6.07) is 4.02. The smallest absolute Gasteiger partial charge is 0.291 e. The van der Waals surface area contributed by atoms with E-state index in [4.69, 9.17) is 0 Å². The number of sulfone groups is 1. The van der Waals surface area contributed by atoms with Crippen LogP contribution in [-0.2, 0) is 21.1 Å². The first-order valence-corrected chi connectivity index (χ1v) is 8.00. The zero-order valence-electron chi connectivity index (χ0n) is 11.6. The van der Waals surface area contributed by atoms with Gasteiger partial charge >= 0.3 is 0 Å². The monoisotopic (exact) mass is 299 g/mol. The minimum Gasteiger partial charge on any atom is -0.299 e. The summed E-state index contributed by atoms with van der Waals surface area (Å²) in [5.41, 5.74) is -0.351. The van der Waals surface area contributed by atoms with Crippen LogP contribution in [0.15, 0.2) is 23.1 Å². The van der Waals surface area contributed by atoms with Gasteiger partial charge in [0.1, 0.15) is 10.7 Å². The second-order valence-electron chi connectivity index (χ2n) is 5.11. The third kappa shape index (κ3) is 4.12. The number of benzene rings is 1. The van der Waals surface area contributed by atoms with Crippen LogP contribution in [0.1, 0.15) is 25.8 Å². The lowest BCUT2D eigenvalue weighted by atomic mass is 10.0. The Kier molecular flexibility index (Phi) is 4.99. The normalized spacial score (nSPS) is 11.6. The second-order valence-corrected chi connectivity index (χ2v) is 7.09. The Morgan fingerprint density at radius 1 is 1.35 bits per heavy atom. The van der Waals surface area contributed by atoms with E-state index in [-0.39, 0.29) is 28.6 Å². The van der Waals surface area contributed by atoms with Crippen LogP contribution in [0.4, 0.5) is 5.69 Å². The second kappa shape index (κ2) is 6.13. The molecule has 0 fully saturated rings. The maximum atomic E-state index is 11.8. The standard InChI is InChI=1S/C13H17NO5S/c1-9(2)7-11(15)8-10-5-4-6-12(20(3,18)19)13(10)14(16)17/h4-6,9H,7-8H2,1-3H3. The van der Waals surface area contributed by atoms with Crippen LogP contribution >= 0.6 is 0 Å². The molecule has 0 heterocycles. The molecular weight excluding hydrogens is 282 g/mol. The highest BCUT2D eigenvalue weighted by Crippen LogP contribution is 2.28. The Morgan fingerprint density at radius 2 is 1.95 bits per heavy atom. The summed E-state index contributed by atoms with van der Waals surface area (Å²) < 4.78 is 23.2. The Labute approximate surface area is 117 Å². The molecule has 0 atom stereocenters. The van der Waals surface area contributed by atoms with E-state index in [2.05, 4.69) is 0 Å². The number of rotatable bonds is 6. The van der Waals surface area contributed by atoms with Crippen LogP contribution in [0, 0.1) is 16.0 Å². The van der Waals surface area contributed by atoms with Gasteiger partial charge in [0, 0.05) is 24.7 Å². The number of nitro groups is 1. The molecule has 1 aromatic rings. The van der Waals surface area contributed by atoms with E-state index in [1.807, 2.05) is 13.8 Å². The van der Waals surface area contributed by atoms with Gasteiger partial charge in [-0.05, 0) is 12.0 Å². The predicted octanol–water partition coefficient (Wildman–Crippen LogP) is 2.16. The number of para-hydroxylation sites is 1. The van der Waals surface area contributed by atoms with Crippen LogP contribution in [0.25, 0.3) is 0 Å². The summed E-state index contributed by atoms with van der Waals surface area (Å²) in [4.78, 5) is 21.8. The van der Waals surface area contributed by atoms with Gasteiger partial charge in [-0.2, -0.15) is 0 Å². The largest absolute Gasteiger partial charge is 0.299 e. The van der Waals surface area contributed by atoms with Gasteiger partial charge in [-0.15, -0.1) is 0 Å². The average molecular weight is 299 g/mol. The van der Waals surface area contributed by atoms with Crippen LogP contribution in [0.2, 0.25) is 0 Å². The van der Waals surface area contributed by atoms with Crippen molar-refractivity contribution in [1.82, 2.24) is 0 Å². The fourth-order valence-corrected chi connectivity index (χ4v) is 2.84. The van der Waals surface area contributed by atoms with E-state index in [0.717, 1.165) is 6.26 Å². The van der Waals surface area contributed by atoms with E-state index in [1.54, 1.807) is 0 Å². The molecule has 0 radical (unpaired) electrons. The summed E-state index contributed by atoms with van der Waals surface area (Å²) in [6.07, 6.45) is 1.09. The van der Waals surface area contributed by atoms with Crippen LogP contribution < -0.4 is 0 Å². The average Bonchev–Trinajstić information content (AvgIpc) is 2.25. The molecule has 0 aliphatic rings. The lowest BCUT2D eigenvalue weighted by Gasteiger charge is -2.07. The Bertz CT molecular complexity index is 634. The molecule has 0 aromatic heterocycles.